The first kappa shape index (κ1) is 12.1. The molecule has 0 saturated carbocycles. The highest BCUT2D eigenvalue weighted by Crippen LogP contribution is 2.19. The average Bonchev–Trinajstić information content (AvgIpc) is 2.28. The Morgan fingerprint density at radius 1 is 1.50 bits per heavy atom. The van der Waals surface area contributed by atoms with Gasteiger partial charge in [0.15, 0.2) is 0 Å². The molecule has 0 heterocycles. The highest BCUT2D eigenvalue weighted by molar-refractivity contribution is 5.70. The predicted octanol–water partition coefficient (Wildman–Crippen LogP) is 1.01. The second kappa shape index (κ2) is 5.79. The molecule has 0 fully saturated rings. The van der Waals surface area contributed by atoms with Crippen LogP contribution >= 0.6 is 0 Å². The van der Waals surface area contributed by atoms with Crippen LogP contribution in [0.2, 0.25) is 0 Å². The summed E-state index contributed by atoms with van der Waals surface area (Å²) in [7, 11) is 1.50. The van der Waals surface area contributed by atoms with Gasteiger partial charge in [0.2, 0.25) is 0 Å². The Morgan fingerprint density at radius 2 is 2.25 bits per heavy atom. The normalized spacial score (nSPS) is 9.12. The third kappa shape index (κ3) is 3.30. The summed E-state index contributed by atoms with van der Waals surface area (Å²) in [5, 5.41) is 17.4. The van der Waals surface area contributed by atoms with Gasteiger partial charge in [0, 0.05) is 11.1 Å². The third-order valence-corrected chi connectivity index (χ3v) is 1.93. The van der Waals surface area contributed by atoms with Gasteiger partial charge in [-0.3, -0.25) is 4.79 Å². The van der Waals surface area contributed by atoms with E-state index in [1.54, 1.807) is 18.2 Å². The number of carbonyl (C=O) groups is 1. The van der Waals surface area contributed by atoms with Crippen LogP contribution in [-0.2, 0) is 11.4 Å². The maximum absolute atomic E-state index is 10.3. The van der Waals surface area contributed by atoms with Crippen LogP contribution in [0.4, 0.5) is 0 Å². The maximum Gasteiger partial charge on any atom is 0.315 e. The van der Waals surface area contributed by atoms with Gasteiger partial charge in [-0.25, -0.2) is 0 Å². The fraction of sp³-hybridized carbons (Fsp3) is 0.250. The van der Waals surface area contributed by atoms with Crippen molar-refractivity contribution in [2.75, 3.05) is 7.11 Å². The summed E-state index contributed by atoms with van der Waals surface area (Å²) in [4.78, 5) is 10.3. The van der Waals surface area contributed by atoms with Gasteiger partial charge < -0.3 is 14.9 Å². The molecule has 0 spiro atoms. The van der Waals surface area contributed by atoms with E-state index >= 15 is 0 Å². The van der Waals surface area contributed by atoms with Crippen molar-refractivity contribution in [1.82, 2.24) is 0 Å². The molecule has 0 radical (unpaired) electrons. The van der Waals surface area contributed by atoms with Crippen LogP contribution < -0.4 is 4.74 Å². The molecule has 0 atom stereocenters. The molecule has 0 aliphatic carbocycles. The Hall–Kier alpha value is -1.99. The Kier molecular flexibility index (Phi) is 4.37. The molecule has 0 saturated heterocycles. The fourth-order valence-electron chi connectivity index (χ4n) is 1.17. The first-order valence-corrected chi connectivity index (χ1v) is 4.66. The number of carboxylic acid groups (broad SMARTS) is 1. The SMILES string of the molecule is COc1cc(C#CCC(=O)O)ccc1CO. The molecule has 2 N–H and O–H groups in total. The Labute approximate surface area is 93.5 Å². The molecular weight excluding hydrogens is 208 g/mol. The van der Waals surface area contributed by atoms with Crippen LogP contribution in [-0.4, -0.2) is 23.3 Å². The molecule has 16 heavy (non-hydrogen) atoms. The number of hydrogen-bond acceptors (Lipinski definition) is 3. The number of aliphatic hydroxyl groups is 1. The largest absolute Gasteiger partial charge is 0.496 e. The number of carboxylic acids is 1. The quantitative estimate of drug-likeness (QED) is 0.746. The first-order chi connectivity index (χ1) is 7.67. The van der Waals surface area contributed by atoms with E-state index in [0.717, 1.165) is 0 Å². The van der Waals surface area contributed by atoms with Gasteiger partial charge in [-0.05, 0) is 12.1 Å². The number of aliphatic hydroxyl groups excluding tert-OH is 1. The molecular formula is C12H12O4. The summed E-state index contributed by atoms with van der Waals surface area (Å²) in [5.74, 6) is 4.83. The van der Waals surface area contributed by atoms with E-state index < -0.39 is 5.97 Å². The van der Waals surface area contributed by atoms with Crippen molar-refractivity contribution in [3.8, 4) is 17.6 Å². The van der Waals surface area contributed by atoms with Gasteiger partial charge in [0.25, 0.3) is 0 Å². The van der Waals surface area contributed by atoms with Crippen LogP contribution in [0.5, 0.6) is 5.75 Å². The van der Waals surface area contributed by atoms with E-state index in [1.807, 2.05) is 0 Å². The minimum absolute atomic E-state index is 0.105. The van der Waals surface area contributed by atoms with Crippen LogP contribution in [0.1, 0.15) is 17.5 Å². The number of methoxy groups -OCH3 is 1. The summed E-state index contributed by atoms with van der Waals surface area (Å²) < 4.78 is 5.06. The lowest BCUT2D eigenvalue weighted by Gasteiger charge is -2.05. The predicted molar refractivity (Wildman–Crippen MR) is 58.0 cm³/mol. The molecule has 0 aromatic heterocycles. The standard InChI is InChI=1S/C12H12O4/c1-16-11-7-9(3-2-4-12(14)15)5-6-10(11)8-13/h5-7,13H,4,8H2,1H3,(H,14,15). The summed E-state index contributed by atoms with van der Waals surface area (Å²) in [5.41, 5.74) is 1.33. The first-order valence-electron chi connectivity index (χ1n) is 4.66. The van der Waals surface area contributed by atoms with E-state index in [9.17, 15) is 4.79 Å². The van der Waals surface area contributed by atoms with E-state index in [0.29, 0.717) is 16.9 Å². The summed E-state index contributed by atoms with van der Waals surface area (Å²) in [6, 6.07) is 5.08. The third-order valence-electron chi connectivity index (χ3n) is 1.93. The minimum Gasteiger partial charge on any atom is -0.496 e. The van der Waals surface area contributed by atoms with Crippen LogP contribution in [0.3, 0.4) is 0 Å². The second-order valence-corrected chi connectivity index (χ2v) is 3.06. The number of benzene rings is 1. The lowest BCUT2D eigenvalue weighted by atomic mass is 10.1. The zero-order valence-corrected chi connectivity index (χ0v) is 8.86. The van der Waals surface area contributed by atoms with Gasteiger partial charge in [-0.15, -0.1) is 0 Å². The molecule has 1 aromatic rings. The van der Waals surface area contributed by atoms with Crippen molar-refractivity contribution in [2.24, 2.45) is 0 Å². The van der Waals surface area contributed by atoms with Crippen molar-refractivity contribution < 1.29 is 19.7 Å². The number of aliphatic carboxylic acids is 1. The van der Waals surface area contributed by atoms with Crippen molar-refractivity contribution in [3.05, 3.63) is 29.3 Å². The Morgan fingerprint density at radius 3 is 2.81 bits per heavy atom. The topological polar surface area (TPSA) is 66.8 Å². The molecule has 0 unspecified atom stereocenters. The molecule has 0 aliphatic rings. The Balaban J connectivity index is 2.89. The number of hydrogen-bond donors (Lipinski definition) is 2. The molecule has 84 valence electrons. The van der Waals surface area contributed by atoms with Crippen molar-refractivity contribution >= 4 is 5.97 Å². The molecule has 4 nitrogen and oxygen atoms in total. The maximum atomic E-state index is 10.3. The second-order valence-electron chi connectivity index (χ2n) is 3.06. The lowest BCUT2D eigenvalue weighted by molar-refractivity contribution is -0.135. The van der Waals surface area contributed by atoms with Gasteiger partial charge in [-0.1, -0.05) is 17.9 Å². The molecule has 1 rings (SSSR count). The lowest BCUT2D eigenvalue weighted by Crippen LogP contribution is -1.93. The summed E-state index contributed by atoms with van der Waals surface area (Å²) in [6.07, 6.45) is -0.190. The Bertz CT molecular complexity index is 440. The van der Waals surface area contributed by atoms with E-state index in [2.05, 4.69) is 11.8 Å². The molecule has 0 bridgehead atoms. The van der Waals surface area contributed by atoms with Gasteiger partial charge in [0.1, 0.15) is 12.2 Å². The average molecular weight is 220 g/mol. The van der Waals surface area contributed by atoms with Crippen molar-refractivity contribution in [1.29, 1.82) is 0 Å². The van der Waals surface area contributed by atoms with E-state index in [-0.39, 0.29) is 13.0 Å². The van der Waals surface area contributed by atoms with Crippen molar-refractivity contribution in [3.63, 3.8) is 0 Å². The smallest absolute Gasteiger partial charge is 0.315 e. The zero-order chi connectivity index (χ0) is 12.0. The van der Waals surface area contributed by atoms with E-state index in [1.165, 1.54) is 7.11 Å². The monoisotopic (exact) mass is 220 g/mol. The van der Waals surface area contributed by atoms with Crippen LogP contribution in [0, 0.1) is 11.8 Å². The van der Waals surface area contributed by atoms with Crippen LogP contribution in [0.15, 0.2) is 18.2 Å². The van der Waals surface area contributed by atoms with Crippen molar-refractivity contribution in [2.45, 2.75) is 13.0 Å². The van der Waals surface area contributed by atoms with Gasteiger partial charge in [0.05, 0.1) is 13.7 Å². The highest BCUT2D eigenvalue weighted by Gasteiger charge is 2.01. The fourth-order valence-corrected chi connectivity index (χ4v) is 1.17. The number of ether oxygens (including phenoxy) is 1. The van der Waals surface area contributed by atoms with Gasteiger partial charge in [-0.2, -0.15) is 0 Å². The molecule has 0 amide bonds. The minimum atomic E-state index is -0.952. The van der Waals surface area contributed by atoms with Crippen LogP contribution in [0.25, 0.3) is 0 Å². The molecule has 4 heteroatoms. The van der Waals surface area contributed by atoms with E-state index in [4.69, 9.17) is 14.9 Å². The summed E-state index contributed by atoms with van der Waals surface area (Å²) in [6.45, 7) is -0.105. The van der Waals surface area contributed by atoms with Gasteiger partial charge >= 0.3 is 5.97 Å². The number of rotatable bonds is 3. The zero-order valence-electron chi connectivity index (χ0n) is 8.86. The highest BCUT2D eigenvalue weighted by atomic mass is 16.5. The molecule has 1 aromatic carbocycles. The molecule has 0 aliphatic heterocycles. The summed E-state index contributed by atoms with van der Waals surface area (Å²) >= 11 is 0.